The van der Waals surface area contributed by atoms with Crippen LogP contribution in [0.3, 0.4) is 0 Å². The second-order valence-corrected chi connectivity index (χ2v) is 4.58. The number of ketones is 1. The lowest BCUT2D eigenvalue weighted by Crippen LogP contribution is -2.14. The summed E-state index contributed by atoms with van der Waals surface area (Å²) in [6.07, 6.45) is 0. The monoisotopic (exact) mass is 290 g/mol. The summed E-state index contributed by atoms with van der Waals surface area (Å²) in [5, 5.41) is 0. The number of benzene rings is 1. The fraction of sp³-hybridized carbons (Fsp3) is 0.200. The van der Waals surface area contributed by atoms with Crippen LogP contribution in [0.15, 0.2) is 24.3 Å². The van der Waals surface area contributed by atoms with E-state index >= 15 is 0 Å². The van der Waals surface area contributed by atoms with Crippen molar-refractivity contribution in [2.24, 2.45) is 0 Å². The van der Waals surface area contributed by atoms with Crippen molar-refractivity contribution in [3.63, 3.8) is 0 Å². The first-order chi connectivity index (χ1) is 7.07. The van der Waals surface area contributed by atoms with E-state index < -0.39 is 10.3 Å². The number of carbonyl (C=O) groups excluding carboxylic acids is 2. The summed E-state index contributed by atoms with van der Waals surface area (Å²) in [7, 11) is 1.26. The van der Waals surface area contributed by atoms with E-state index in [1.807, 2.05) is 0 Å². The molecule has 0 bridgehead atoms. The molecule has 0 N–H and O–H groups in total. The number of methoxy groups -OCH3 is 1. The number of halogens is 2. The summed E-state index contributed by atoms with van der Waals surface area (Å²) >= 11 is 8.54. The molecule has 0 aliphatic rings. The number of alkyl halides is 2. The van der Waals surface area contributed by atoms with Crippen molar-refractivity contribution in [3.05, 3.63) is 35.4 Å². The molecule has 0 aromatic heterocycles. The van der Waals surface area contributed by atoms with Gasteiger partial charge in [-0.3, -0.25) is 4.79 Å². The third-order valence-corrected chi connectivity index (χ3v) is 2.41. The minimum absolute atomic E-state index is 0.218. The van der Waals surface area contributed by atoms with Crippen LogP contribution in [-0.2, 0) is 4.74 Å². The Morgan fingerprint density at radius 3 is 2.33 bits per heavy atom. The molecule has 15 heavy (non-hydrogen) atoms. The molecule has 5 heteroatoms. The van der Waals surface area contributed by atoms with Gasteiger partial charge in [0.2, 0.25) is 0 Å². The van der Waals surface area contributed by atoms with Crippen molar-refractivity contribution < 1.29 is 14.3 Å². The summed E-state index contributed by atoms with van der Waals surface area (Å²) in [5.41, 5.74) is 0.469. The summed E-state index contributed by atoms with van der Waals surface area (Å²) < 4.78 is 3.71. The van der Waals surface area contributed by atoms with Gasteiger partial charge in [0.05, 0.1) is 12.7 Å². The Hall–Kier alpha value is -0.870. The van der Waals surface area contributed by atoms with E-state index in [1.165, 1.54) is 19.2 Å². The van der Waals surface area contributed by atoms with Crippen LogP contribution in [0.5, 0.6) is 0 Å². The minimum atomic E-state index is -0.844. The molecule has 0 saturated heterocycles. The van der Waals surface area contributed by atoms with Gasteiger partial charge in [0, 0.05) is 5.56 Å². The van der Waals surface area contributed by atoms with Crippen LogP contribution >= 0.6 is 27.5 Å². The molecule has 0 aliphatic heterocycles. The smallest absolute Gasteiger partial charge is 0.338 e. The molecule has 0 fully saturated rings. The number of hydrogen-bond acceptors (Lipinski definition) is 3. The van der Waals surface area contributed by atoms with Crippen LogP contribution in [0.4, 0.5) is 0 Å². The molecule has 1 aromatic carbocycles. The number of ether oxygens (including phenoxy) is 1. The number of rotatable bonds is 3. The average Bonchev–Trinajstić information content (AvgIpc) is 2.27. The molecular weight excluding hydrogens is 283 g/mol. The Morgan fingerprint density at radius 2 is 1.87 bits per heavy atom. The summed E-state index contributed by atoms with van der Waals surface area (Å²) in [5.74, 6) is -0.915. The van der Waals surface area contributed by atoms with Crippen molar-refractivity contribution in [2.75, 3.05) is 7.11 Å². The molecule has 1 unspecified atom stereocenters. The van der Waals surface area contributed by atoms with Gasteiger partial charge < -0.3 is 4.74 Å². The maximum Gasteiger partial charge on any atom is 0.338 e. The molecular formula is C10H8BrClO3. The Bertz CT molecular complexity index is 390. The van der Waals surface area contributed by atoms with Gasteiger partial charge in [-0.2, -0.15) is 0 Å². The zero-order valence-corrected chi connectivity index (χ0v) is 10.2. The molecule has 1 atom stereocenters. The summed E-state index contributed by atoms with van der Waals surface area (Å²) in [4.78, 5) is 22.9. The predicted octanol–water partition coefficient (Wildman–Crippen LogP) is 2.62. The Balaban J connectivity index is 3.18. The van der Waals surface area contributed by atoms with Crippen molar-refractivity contribution in [1.29, 1.82) is 0 Å². The van der Waals surface area contributed by atoms with Gasteiger partial charge in [-0.1, -0.05) is 34.1 Å². The lowest BCUT2D eigenvalue weighted by atomic mass is 10.0. The van der Waals surface area contributed by atoms with Gasteiger partial charge >= 0.3 is 5.97 Å². The van der Waals surface area contributed by atoms with E-state index in [9.17, 15) is 9.59 Å². The van der Waals surface area contributed by atoms with Crippen molar-refractivity contribution in [2.45, 2.75) is 4.29 Å². The normalized spacial score (nSPS) is 11.9. The SMILES string of the molecule is COC(=O)c1ccccc1C(=O)C(Cl)Br. The Kier molecular flexibility index (Phi) is 4.29. The van der Waals surface area contributed by atoms with Crippen molar-refractivity contribution >= 4 is 39.3 Å². The molecule has 0 saturated carbocycles. The lowest BCUT2D eigenvalue weighted by Gasteiger charge is -2.06. The molecule has 0 aliphatic carbocycles. The second kappa shape index (κ2) is 5.28. The first-order valence-electron chi connectivity index (χ1n) is 4.07. The first-order valence-corrected chi connectivity index (χ1v) is 5.43. The number of Topliss-reactive ketones (excluding diaryl/α,β-unsaturated/α-hetero) is 1. The highest BCUT2D eigenvalue weighted by atomic mass is 79.9. The fourth-order valence-corrected chi connectivity index (χ4v) is 1.47. The molecule has 1 rings (SSSR count). The molecule has 1 aromatic rings. The Morgan fingerprint density at radius 1 is 1.33 bits per heavy atom. The zero-order valence-electron chi connectivity index (χ0n) is 7.87. The number of hydrogen-bond donors (Lipinski definition) is 0. The molecule has 0 spiro atoms. The summed E-state index contributed by atoms with van der Waals surface area (Å²) in [6.45, 7) is 0. The number of esters is 1. The third kappa shape index (κ3) is 2.79. The van der Waals surface area contributed by atoms with Crippen molar-refractivity contribution in [3.8, 4) is 0 Å². The molecule has 0 amide bonds. The van der Waals surface area contributed by atoms with E-state index in [-0.39, 0.29) is 16.9 Å². The van der Waals surface area contributed by atoms with Crippen LogP contribution in [-0.4, -0.2) is 23.1 Å². The van der Waals surface area contributed by atoms with Crippen LogP contribution in [0, 0.1) is 0 Å². The highest BCUT2D eigenvalue weighted by Crippen LogP contribution is 2.18. The van der Waals surface area contributed by atoms with E-state index in [4.69, 9.17) is 11.6 Å². The fourth-order valence-electron chi connectivity index (χ4n) is 1.10. The quantitative estimate of drug-likeness (QED) is 0.488. The molecule has 0 heterocycles. The third-order valence-electron chi connectivity index (χ3n) is 1.80. The first kappa shape index (κ1) is 12.2. The Labute approximate surface area is 100 Å². The van der Waals surface area contributed by atoms with Crippen molar-refractivity contribution in [1.82, 2.24) is 0 Å². The van der Waals surface area contributed by atoms with Gasteiger partial charge in [0.1, 0.15) is 0 Å². The molecule has 0 radical (unpaired) electrons. The van der Waals surface area contributed by atoms with E-state index in [2.05, 4.69) is 20.7 Å². The second-order valence-electron chi connectivity index (χ2n) is 2.70. The maximum atomic E-state index is 11.6. The lowest BCUT2D eigenvalue weighted by molar-refractivity contribution is 0.0597. The zero-order chi connectivity index (χ0) is 11.4. The maximum absolute atomic E-state index is 11.6. The highest BCUT2D eigenvalue weighted by molar-refractivity contribution is 9.10. The largest absolute Gasteiger partial charge is 0.465 e. The van der Waals surface area contributed by atoms with E-state index in [0.29, 0.717) is 0 Å². The standard InChI is InChI=1S/C10H8BrClO3/c1-15-10(14)7-5-3-2-4-6(7)8(13)9(11)12/h2-5,9H,1H3. The van der Waals surface area contributed by atoms with Gasteiger partial charge in [-0.15, -0.1) is 11.6 Å². The van der Waals surface area contributed by atoms with Crippen LogP contribution in [0.2, 0.25) is 0 Å². The summed E-state index contributed by atoms with van der Waals surface area (Å²) in [6, 6.07) is 6.36. The van der Waals surface area contributed by atoms with Gasteiger partial charge in [0.15, 0.2) is 10.1 Å². The van der Waals surface area contributed by atoms with E-state index in [1.54, 1.807) is 12.1 Å². The average molecular weight is 292 g/mol. The highest BCUT2D eigenvalue weighted by Gasteiger charge is 2.20. The molecule has 80 valence electrons. The van der Waals surface area contributed by atoms with Gasteiger partial charge in [0.25, 0.3) is 0 Å². The minimum Gasteiger partial charge on any atom is -0.465 e. The molecule has 3 nitrogen and oxygen atoms in total. The van der Waals surface area contributed by atoms with Gasteiger partial charge in [-0.05, 0) is 6.07 Å². The predicted molar refractivity (Wildman–Crippen MR) is 60.7 cm³/mol. The van der Waals surface area contributed by atoms with Crippen LogP contribution in [0.1, 0.15) is 20.7 Å². The van der Waals surface area contributed by atoms with Crippen LogP contribution in [0.25, 0.3) is 0 Å². The topological polar surface area (TPSA) is 43.4 Å². The van der Waals surface area contributed by atoms with E-state index in [0.717, 1.165) is 0 Å². The number of carbonyl (C=O) groups is 2. The van der Waals surface area contributed by atoms with Gasteiger partial charge in [-0.25, -0.2) is 4.79 Å². The van der Waals surface area contributed by atoms with Crippen LogP contribution < -0.4 is 0 Å².